The Balaban J connectivity index is 1.76. The third-order valence-electron chi connectivity index (χ3n) is 3.72. The van der Waals surface area contributed by atoms with Crippen molar-refractivity contribution < 1.29 is 14.3 Å². The second kappa shape index (κ2) is 4.38. The molecule has 0 atom stereocenters. The SMILES string of the molecule is Cc1ccc2c(CC(=O)NC3(CO)CC3)coc2c1. The van der Waals surface area contributed by atoms with E-state index in [0.29, 0.717) is 0 Å². The molecule has 0 spiro atoms. The molecule has 0 radical (unpaired) electrons. The molecule has 1 aliphatic carbocycles. The van der Waals surface area contributed by atoms with Crippen molar-refractivity contribution in [1.82, 2.24) is 5.32 Å². The van der Waals surface area contributed by atoms with Gasteiger partial charge in [0.05, 0.1) is 24.8 Å². The molecule has 19 heavy (non-hydrogen) atoms. The molecule has 0 aliphatic heterocycles. The van der Waals surface area contributed by atoms with Gasteiger partial charge in [0.15, 0.2) is 0 Å². The summed E-state index contributed by atoms with van der Waals surface area (Å²) < 4.78 is 5.47. The third-order valence-corrected chi connectivity index (χ3v) is 3.72. The highest BCUT2D eigenvalue weighted by Gasteiger charge is 2.43. The van der Waals surface area contributed by atoms with E-state index in [1.807, 2.05) is 25.1 Å². The van der Waals surface area contributed by atoms with Crippen molar-refractivity contribution in [2.75, 3.05) is 6.61 Å². The molecule has 1 saturated carbocycles. The summed E-state index contributed by atoms with van der Waals surface area (Å²) in [6.07, 6.45) is 3.65. The second-order valence-electron chi connectivity index (χ2n) is 5.42. The first-order valence-electron chi connectivity index (χ1n) is 6.50. The number of nitrogens with one attached hydrogen (secondary N) is 1. The highest BCUT2D eigenvalue weighted by atomic mass is 16.3. The highest BCUT2D eigenvalue weighted by molar-refractivity contribution is 5.88. The Morgan fingerprint density at radius 2 is 2.26 bits per heavy atom. The second-order valence-corrected chi connectivity index (χ2v) is 5.42. The number of fused-ring (bicyclic) bond motifs is 1. The van der Waals surface area contributed by atoms with Gasteiger partial charge in [0.2, 0.25) is 5.91 Å². The fourth-order valence-corrected chi connectivity index (χ4v) is 2.31. The zero-order chi connectivity index (χ0) is 13.5. The number of amides is 1. The predicted octanol–water partition coefficient (Wildman–Crippen LogP) is 1.92. The molecule has 1 amide bonds. The summed E-state index contributed by atoms with van der Waals surface area (Å²) in [6.45, 7) is 2.02. The molecule has 0 bridgehead atoms. The van der Waals surface area contributed by atoms with Gasteiger partial charge in [0.1, 0.15) is 5.58 Å². The monoisotopic (exact) mass is 259 g/mol. The van der Waals surface area contributed by atoms with Crippen LogP contribution in [0.3, 0.4) is 0 Å². The average Bonchev–Trinajstić information content (AvgIpc) is 3.05. The molecule has 100 valence electrons. The first-order valence-corrected chi connectivity index (χ1v) is 6.50. The Morgan fingerprint density at radius 1 is 1.47 bits per heavy atom. The molecule has 1 aromatic carbocycles. The molecule has 0 saturated heterocycles. The van der Waals surface area contributed by atoms with Crippen LogP contribution in [-0.4, -0.2) is 23.2 Å². The largest absolute Gasteiger partial charge is 0.464 e. The van der Waals surface area contributed by atoms with Crippen molar-refractivity contribution in [3.63, 3.8) is 0 Å². The maximum absolute atomic E-state index is 12.0. The molecule has 3 rings (SSSR count). The number of rotatable bonds is 4. The standard InChI is InChI=1S/C15H17NO3/c1-10-2-3-12-11(8-19-13(12)6-10)7-14(18)16-15(9-17)4-5-15/h2-3,6,8,17H,4-5,7,9H2,1H3,(H,16,18). The van der Waals surface area contributed by atoms with Crippen LogP contribution >= 0.6 is 0 Å². The number of hydrogen-bond acceptors (Lipinski definition) is 3. The number of aliphatic hydroxyl groups excluding tert-OH is 1. The lowest BCUT2D eigenvalue weighted by Gasteiger charge is -2.13. The van der Waals surface area contributed by atoms with E-state index in [1.54, 1.807) is 6.26 Å². The average molecular weight is 259 g/mol. The van der Waals surface area contributed by atoms with Gasteiger partial charge in [-0.15, -0.1) is 0 Å². The highest BCUT2D eigenvalue weighted by Crippen LogP contribution is 2.34. The summed E-state index contributed by atoms with van der Waals surface area (Å²) in [7, 11) is 0. The molecular formula is C15H17NO3. The predicted molar refractivity (Wildman–Crippen MR) is 71.8 cm³/mol. The van der Waals surface area contributed by atoms with Gasteiger partial charge in [0, 0.05) is 10.9 Å². The number of benzene rings is 1. The van der Waals surface area contributed by atoms with E-state index in [0.717, 1.165) is 34.9 Å². The Morgan fingerprint density at radius 3 is 2.95 bits per heavy atom. The fourth-order valence-electron chi connectivity index (χ4n) is 2.31. The molecule has 2 aromatic rings. The van der Waals surface area contributed by atoms with Gasteiger partial charge in [-0.05, 0) is 31.4 Å². The quantitative estimate of drug-likeness (QED) is 0.881. The molecule has 4 heteroatoms. The lowest BCUT2D eigenvalue weighted by atomic mass is 10.1. The first kappa shape index (κ1) is 12.2. The van der Waals surface area contributed by atoms with Crippen LogP contribution in [0.4, 0.5) is 0 Å². The van der Waals surface area contributed by atoms with E-state index in [4.69, 9.17) is 4.42 Å². The van der Waals surface area contributed by atoms with E-state index >= 15 is 0 Å². The minimum Gasteiger partial charge on any atom is -0.464 e. The summed E-state index contributed by atoms with van der Waals surface area (Å²) in [5.41, 5.74) is 2.48. The first-order chi connectivity index (χ1) is 9.12. The van der Waals surface area contributed by atoms with Crippen LogP contribution in [0.25, 0.3) is 11.0 Å². The topological polar surface area (TPSA) is 62.5 Å². The fraction of sp³-hybridized carbons (Fsp3) is 0.400. The van der Waals surface area contributed by atoms with Crippen LogP contribution in [0.1, 0.15) is 24.0 Å². The van der Waals surface area contributed by atoms with E-state index in [9.17, 15) is 9.90 Å². The van der Waals surface area contributed by atoms with Crippen molar-refractivity contribution in [3.05, 3.63) is 35.6 Å². The smallest absolute Gasteiger partial charge is 0.225 e. The van der Waals surface area contributed by atoms with Gasteiger partial charge in [0.25, 0.3) is 0 Å². The van der Waals surface area contributed by atoms with Crippen LogP contribution in [-0.2, 0) is 11.2 Å². The van der Waals surface area contributed by atoms with Gasteiger partial charge in [-0.25, -0.2) is 0 Å². The Bertz CT molecular complexity index is 625. The third kappa shape index (κ3) is 2.36. The molecule has 0 unspecified atom stereocenters. The lowest BCUT2D eigenvalue weighted by molar-refractivity contribution is -0.121. The number of furan rings is 1. The van der Waals surface area contributed by atoms with E-state index < -0.39 is 0 Å². The Labute approximate surface area is 111 Å². The number of aliphatic hydroxyl groups is 1. The minimum absolute atomic E-state index is 0.0179. The Hall–Kier alpha value is -1.81. The minimum atomic E-state index is -0.354. The summed E-state index contributed by atoms with van der Waals surface area (Å²) in [4.78, 5) is 12.0. The van der Waals surface area contributed by atoms with Crippen LogP contribution in [0.2, 0.25) is 0 Å². The summed E-state index contributed by atoms with van der Waals surface area (Å²) in [5.74, 6) is -0.0603. The van der Waals surface area contributed by atoms with E-state index in [-0.39, 0.29) is 24.5 Å². The van der Waals surface area contributed by atoms with Crippen LogP contribution < -0.4 is 5.32 Å². The van der Waals surface area contributed by atoms with Gasteiger partial charge < -0.3 is 14.8 Å². The van der Waals surface area contributed by atoms with Crippen molar-refractivity contribution in [1.29, 1.82) is 0 Å². The van der Waals surface area contributed by atoms with Crippen molar-refractivity contribution in [3.8, 4) is 0 Å². The maximum Gasteiger partial charge on any atom is 0.225 e. The number of carbonyl (C=O) groups excluding carboxylic acids is 1. The molecular weight excluding hydrogens is 242 g/mol. The number of carbonyl (C=O) groups is 1. The normalized spacial score (nSPS) is 16.5. The van der Waals surface area contributed by atoms with Crippen LogP contribution in [0, 0.1) is 6.92 Å². The molecule has 4 nitrogen and oxygen atoms in total. The van der Waals surface area contributed by atoms with Crippen molar-refractivity contribution in [2.24, 2.45) is 0 Å². The summed E-state index contributed by atoms with van der Waals surface area (Å²) >= 11 is 0. The van der Waals surface area contributed by atoms with Gasteiger partial charge in [-0.1, -0.05) is 12.1 Å². The molecule has 2 N–H and O–H groups in total. The van der Waals surface area contributed by atoms with E-state index in [2.05, 4.69) is 5.32 Å². The zero-order valence-corrected chi connectivity index (χ0v) is 10.9. The molecule has 1 heterocycles. The van der Waals surface area contributed by atoms with E-state index in [1.165, 1.54) is 0 Å². The number of hydrogen-bond donors (Lipinski definition) is 2. The van der Waals surface area contributed by atoms with Crippen molar-refractivity contribution in [2.45, 2.75) is 31.7 Å². The van der Waals surface area contributed by atoms with Gasteiger partial charge in [-0.2, -0.15) is 0 Å². The maximum atomic E-state index is 12.0. The van der Waals surface area contributed by atoms with Crippen molar-refractivity contribution >= 4 is 16.9 Å². The zero-order valence-electron chi connectivity index (χ0n) is 10.9. The van der Waals surface area contributed by atoms with Crippen LogP contribution in [0.5, 0.6) is 0 Å². The van der Waals surface area contributed by atoms with Crippen LogP contribution in [0.15, 0.2) is 28.9 Å². The number of aryl methyl sites for hydroxylation is 1. The summed E-state index contributed by atoms with van der Waals surface area (Å²) in [6, 6.07) is 5.96. The lowest BCUT2D eigenvalue weighted by Crippen LogP contribution is -2.40. The Kier molecular flexibility index (Phi) is 2.82. The molecule has 1 aromatic heterocycles. The molecule has 1 fully saturated rings. The van der Waals surface area contributed by atoms with Gasteiger partial charge >= 0.3 is 0 Å². The van der Waals surface area contributed by atoms with Gasteiger partial charge in [-0.3, -0.25) is 4.79 Å². The molecule has 1 aliphatic rings. The summed E-state index contributed by atoms with van der Waals surface area (Å²) in [5, 5.41) is 13.1.